The molecule has 6 nitrogen and oxygen atoms in total. The smallest absolute Gasteiger partial charge is 0.369 e. The maximum Gasteiger partial charge on any atom is 0.416 e. The Hall–Kier alpha value is -3.87. The number of terminal acetylenes is 1. The van der Waals surface area contributed by atoms with Crippen molar-refractivity contribution in [2.45, 2.75) is 31.1 Å². The Morgan fingerprint density at radius 1 is 1.15 bits per heavy atom. The fraction of sp³-hybridized carbons (Fsp3) is 0.292. The quantitative estimate of drug-likeness (QED) is 0.548. The zero-order valence-corrected chi connectivity index (χ0v) is 17.7. The van der Waals surface area contributed by atoms with E-state index in [2.05, 4.69) is 5.92 Å². The molecule has 3 amide bonds. The van der Waals surface area contributed by atoms with Gasteiger partial charge < -0.3 is 10.6 Å². The Morgan fingerprint density at radius 3 is 2.32 bits per heavy atom. The number of alkyl halides is 3. The van der Waals surface area contributed by atoms with E-state index in [-0.39, 0.29) is 30.6 Å². The van der Waals surface area contributed by atoms with Gasteiger partial charge in [-0.05, 0) is 48.7 Å². The third-order valence-corrected chi connectivity index (χ3v) is 6.35. The fourth-order valence-electron chi connectivity index (χ4n) is 4.48. The zero-order valence-electron chi connectivity index (χ0n) is 17.7. The highest BCUT2D eigenvalue weighted by atomic mass is 19.4. The number of anilines is 1. The van der Waals surface area contributed by atoms with Gasteiger partial charge in [0.05, 0.1) is 11.3 Å². The molecule has 1 heterocycles. The van der Waals surface area contributed by atoms with Gasteiger partial charge in [0.25, 0.3) is 5.91 Å². The maximum absolute atomic E-state index is 14.7. The van der Waals surface area contributed by atoms with Crippen molar-refractivity contribution in [3.63, 3.8) is 0 Å². The van der Waals surface area contributed by atoms with Crippen molar-refractivity contribution in [3.8, 4) is 12.3 Å². The van der Waals surface area contributed by atoms with Crippen LogP contribution in [0.5, 0.6) is 0 Å². The Morgan fingerprint density at radius 2 is 1.79 bits per heavy atom. The minimum absolute atomic E-state index is 0.0614. The summed E-state index contributed by atoms with van der Waals surface area (Å²) in [6, 6.07) is 8.04. The van der Waals surface area contributed by atoms with Crippen molar-refractivity contribution in [1.29, 1.82) is 0 Å². The summed E-state index contributed by atoms with van der Waals surface area (Å²) in [5.74, 6) is -0.938. The SMILES string of the molecule is C#Cc1ccc(N2CC(=O)N(Cc3ccc(C(F)(F)F)cc3)C3(CC(C(N)=O)C3)C2=O)c(F)c1. The van der Waals surface area contributed by atoms with Crippen LogP contribution >= 0.6 is 0 Å². The standard InChI is InChI=1S/C24H19F4N3O3/c1-2-14-5-8-19(18(25)9-14)30-13-20(32)31(23(22(30)34)10-16(11-23)21(29)33)12-15-3-6-17(7-4-15)24(26,27)28/h1,3-9,16H,10-13H2,(H2,29,33). The molecule has 34 heavy (non-hydrogen) atoms. The number of carbonyl (C=O) groups excluding carboxylic acids is 3. The number of rotatable bonds is 4. The lowest BCUT2D eigenvalue weighted by Gasteiger charge is -2.56. The van der Waals surface area contributed by atoms with E-state index in [0.717, 1.165) is 23.1 Å². The molecule has 1 saturated heterocycles. The van der Waals surface area contributed by atoms with Gasteiger partial charge in [-0.1, -0.05) is 18.1 Å². The number of amides is 3. The number of hydrogen-bond acceptors (Lipinski definition) is 3. The van der Waals surface area contributed by atoms with Crippen LogP contribution in [-0.4, -0.2) is 34.7 Å². The summed E-state index contributed by atoms with van der Waals surface area (Å²) in [7, 11) is 0. The normalized spacial score (nSPS) is 22.5. The van der Waals surface area contributed by atoms with Crippen molar-refractivity contribution in [2.75, 3.05) is 11.4 Å². The first kappa shape index (κ1) is 23.3. The first-order valence-electron chi connectivity index (χ1n) is 10.3. The number of hydrogen-bond donors (Lipinski definition) is 1. The van der Waals surface area contributed by atoms with E-state index in [9.17, 15) is 31.9 Å². The Balaban J connectivity index is 1.67. The van der Waals surface area contributed by atoms with E-state index in [1.54, 1.807) is 0 Å². The third kappa shape index (κ3) is 3.87. The first-order valence-corrected chi connectivity index (χ1v) is 10.3. The van der Waals surface area contributed by atoms with Crippen LogP contribution in [0.2, 0.25) is 0 Å². The van der Waals surface area contributed by atoms with Crippen LogP contribution in [0.25, 0.3) is 0 Å². The topological polar surface area (TPSA) is 83.7 Å². The van der Waals surface area contributed by atoms with Gasteiger partial charge in [0.2, 0.25) is 11.8 Å². The van der Waals surface area contributed by atoms with Crippen LogP contribution < -0.4 is 10.6 Å². The molecule has 0 radical (unpaired) electrons. The summed E-state index contributed by atoms with van der Waals surface area (Å²) in [4.78, 5) is 40.7. The molecule has 1 aliphatic carbocycles. The number of halogens is 4. The molecule has 10 heteroatoms. The van der Waals surface area contributed by atoms with Crippen LogP contribution in [0.15, 0.2) is 42.5 Å². The number of nitrogens with zero attached hydrogens (tertiary/aromatic N) is 2. The third-order valence-electron chi connectivity index (χ3n) is 6.35. The Kier molecular flexibility index (Phi) is 5.59. The van der Waals surface area contributed by atoms with E-state index in [1.807, 2.05) is 0 Å². The minimum Gasteiger partial charge on any atom is -0.369 e. The van der Waals surface area contributed by atoms with Crippen molar-refractivity contribution >= 4 is 23.4 Å². The molecule has 1 aliphatic heterocycles. The molecule has 2 N–H and O–H groups in total. The van der Waals surface area contributed by atoms with Gasteiger partial charge >= 0.3 is 6.18 Å². The van der Waals surface area contributed by atoms with E-state index >= 15 is 0 Å². The predicted molar refractivity (Wildman–Crippen MR) is 113 cm³/mol. The van der Waals surface area contributed by atoms with Crippen molar-refractivity contribution in [1.82, 2.24) is 4.90 Å². The molecule has 0 bridgehead atoms. The molecular formula is C24H19F4N3O3. The number of nitrogens with two attached hydrogens (primary N) is 1. The van der Waals surface area contributed by atoms with Gasteiger partial charge in [0, 0.05) is 18.0 Å². The largest absolute Gasteiger partial charge is 0.416 e. The zero-order chi connectivity index (χ0) is 24.8. The van der Waals surface area contributed by atoms with Gasteiger partial charge in [0.15, 0.2) is 0 Å². The van der Waals surface area contributed by atoms with E-state index in [4.69, 9.17) is 12.2 Å². The highest BCUT2D eigenvalue weighted by molar-refractivity contribution is 6.10. The average molecular weight is 473 g/mol. The lowest BCUT2D eigenvalue weighted by atomic mass is 9.64. The molecule has 2 aromatic carbocycles. The monoisotopic (exact) mass is 473 g/mol. The molecule has 2 fully saturated rings. The Labute approximate surface area is 192 Å². The van der Waals surface area contributed by atoms with Gasteiger partial charge in [-0.25, -0.2) is 4.39 Å². The van der Waals surface area contributed by atoms with Crippen LogP contribution in [-0.2, 0) is 27.1 Å². The molecule has 1 saturated carbocycles. The lowest BCUT2D eigenvalue weighted by Crippen LogP contribution is -2.73. The molecule has 0 unspecified atom stereocenters. The van der Waals surface area contributed by atoms with Gasteiger partial charge in [0.1, 0.15) is 17.9 Å². The lowest BCUT2D eigenvalue weighted by molar-refractivity contribution is -0.164. The number of benzene rings is 2. The van der Waals surface area contributed by atoms with Crippen LogP contribution in [0.4, 0.5) is 23.2 Å². The van der Waals surface area contributed by atoms with E-state index < -0.39 is 53.3 Å². The molecule has 2 aromatic rings. The second-order valence-electron chi connectivity index (χ2n) is 8.42. The van der Waals surface area contributed by atoms with Gasteiger partial charge in [-0.15, -0.1) is 6.42 Å². The molecule has 1 spiro atoms. The van der Waals surface area contributed by atoms with E-state index in [0.29, 0.717) is 5.56 Å². The van der Waals surface area contributed by atoms with Crippen LogP contribution in [0, 0.1) is 24.1 Å². The number of primary amides is 1. The summed E-state index contributed by atoms with van der Waals surface area (Å²) < 4.78 is 53.3. The Bertz CT molecular complexity index is 1210. The highest BCUT2D eigenvalue weighted by Gasteiger charge is 2.61. The molecule has 2 aliphatic rings. The molecule has 4 rings (SSSR count). The summed E-state index contributed by atoms with van der Waals surface area (Å²) in [5.41, 5.74) is 3.56. The van der Waals surface area contributed by atoms with Gasteiger partial charge in [-0.2, -0.15) is 13.2 Å². The molecule has 0 atom stereocenters. The van der Waals surface area contributed by atoms with Crippen molar-refractivity contribution < 1.29 is 31.9 Å². The summed E-state index contributed by atoms with van der Waals surface area (Å²) in [5, 5.41) is 0. The van der Waals surface area contributed by atoms with Crippen molar-refractivity contribution in [3.05, 3.63) is 65.0 Å². The molecular weight excluding hydrogens is 454 g/mol. The minimum atomic E-state index is -4.51. The molecule has 176 valence electrons. The predicted octanol–water partition coefficient (Wildman–Crippen LogP) is 2.84. The second-order valence-corrected chi connectivity index (χ2v) is 8.42. The second kappa shape index (κ2) is 8.17. The first-order chi connectivity index (χ1) is 16.0. The summed E-state index contributed by atoms with van der Waals surface area (Å²) in [6.45, 7) is -0.630. The van der Waals surface area contributed by atoms with Gasteiger partial charge in [-0.3, -0.25) is 19.3 Å². The number of carbonyl (C=O) groups is 3. The van der Waals surface area contributed by atoms with Crippen LogP contribution in [0.1, 0.15) is 29.5 Å². The molecule has 0 aromatic heterocycles. The summed E-state index contributed by atoms with van der Waals surface area (Å²) >= 11 is 0. The van der Waals surface area contributed by atoms with Crippen molar-refractivity contribution in [2.24, 2.45) is 11.7 Å². The number of piperazine rings is 1. The van der Waals surface area contributed by atoms with Crippen LogP contribution in [0.3, 0.4) is 0 Å². The maximum atomic E-state index is 14.7. The average Bonchev–Trinajstić information content (AvgIpc) is 2.74. The van der Waals surface area contributed by atoms with E-state index in [1.165, 1.54) is 29.2 Å². The summed E-state index contributed by atoms with van der Waals surface area (Å²) in [6.07, 6.45) is 0.637. The fourth-order valence-corrected chi connectivity index (χ4v) is 4.48. The highest BCUT2D eigenvalue weighted by Crippen LogP contribution is 2.47.